The fourth-order valence-corrected chi connectivity index (χ4v) is 3.13. The van der Waals surface area contributed by atoms with Crippen molar-refractivity contribution in [1.82, 2.24) is 10.6 Å². The monoisotopic (exact) mass is 370 g/mol. The van der Waals surface area contributed by atoms with Gasteiger partial charge in [-0.3, -0.25) is 14.9 Å². The van der Waals surface area contributed by atoms with Crippen molar-refractivity contribution in [2.45, 2.75) is 26.2 Å². The first-order valence-electron chi connectivity index (χ1n) is 8.52. The lowest BCUT2D eigenvalue weighted by Crippen LogP contribution is -2.34. The van der Waals surface area contributed by atoms with Gasteiger partial charge < -0.3 is 16.0 Å². The number of carbonyl (C=O) groups is 1. The average Bonchev–Trinajstić information content (AvgIpc) is 2.59. The highest BCUT2D eigenvalue weighted by Gasteiger charge is 2.21. The molecule has 1 saturated heterocycles. The Hall–Kier alpha value is -1.86. The third-order valence-corrected chi connectivity index (χ3v) is 4.56. The first-order valence-corrected chi connectivity index (χ1v) is 8.52. The van der Waals surface area contributed by atoms with Crippen molar-refractivity contribution in [3.63, 3.8) is 0 Å². The van der Waals surface area contributed by atoms with Gasteiger partial charge in [-0.1, -0.05) is 19.1 Å². The van der Waals surface area contributed by atoms with Gasteiger partial charge in [0.05, 0.1) is 4.92 Å². The number of nitrogens with zero attached hydrogens (tertiary/aromatic N) is 1. The predicted octanol–water partition coefficient (Wildman–Crippen LogP) is 2.57. The molecule has 0 bridgehead atoms. The van der Waals surface area contributed by atoms with Crippen LogP contribution in [-0.4, -0.2) is 37.0 Å². The van der Waals surface area contributed by atoms with E-state index in [9.17, 15) is 14.9 Å². The van der Waals surface area contributed by atoms with Crippen molar-refractivity contribution >= 4 is 29.7 Å². The fraction of sp³-hybridized carbons (Fsp3) is 0.588. The molecule has 0 spiro atoms. The Balaban J connectivity index is 0.00000312. The number of piperidine rings is 1. The molecule has 1 aromatic rings. The third kappa shape index (κ3) is 6.88. The lowest BCUT2D eigenvalue weighted by Gasteiger charge is -2.27. The van der Waals surface area contributed by atoms with Crippen molar-refractivity contribution < 1.29 is 9.72 Å². The topological polar surface area (TPSA) is 96.3 Å². The van der Waals surface area contributed by atoms with Crippen LogP contribution in [0.1, 0.15) is 26.2 Å². The molecule has 1 atom stereocenters. The van der Waals surface area contributed by atoms with Gasteiger partial charge in [0.1, 0.15) is 5.69 Å². The maximum absolute atomic E-state index is 12.0. The van der Waals surface area contributed by atoms with Gasteiger partial charge in [0.25, 0.3) is 5.69 Å². The largest absolute Gasteiger partial charge is 0.378 e. The van der Waals surface area contributed by atoms with Gasteiger partial charge in [-0.15, -0.1) is 12.4 Å². The Morgan fingerprint density at radius 2 is 2.00 bits per heavy atom. The Bertz CT molecular complexity index is 565. The zero-order valence-electron chi connectivity index (χ0n) is 14.5. The summed E-state index contributed by atoms with van der Waals surface area (Å²) in [6, 6.07) is 6.50. The zero-order valence-corrected chi connectivity index (χ0v) is 15.3. The van der Waals surface area contributed by atoms with Crippen molar-refractivity contribution in [3.05, 3.63) is 34.4 Å². The molecule has 25 heavy (non-hydrogen) atoms. The van der Waals surface area contributed by atoms with Crippen molar-refractivity contribution in [3.8, 4) is 0 Å². The number of benzene rings is 1. The molecule has 1 amide bonds. The van der Waals surface area contributed by atoms with Crippen LogP contribution in [0.15, 0.2) is 24.3 Å². The summed E-state index contributed by atoms with van der Waals surface area (Å²) in [5.74, 6) is 1.04. The summed E-state index contributed by atoms with van der Waals surface area (Å²) < 4.78 is 0. The molecule has 0 radical (unpaired) electrons. The standard InChI is InChI=1S/C17H26N4O3.ClH/c1-13(14-6-8-18-9-7-14)12-17(22)20-11-10-19-15-4-2-3-5-16(15)21(23)24;/h2-5,13-14,18-19H,6-12H2,1H3,(H,20,22);1H. The van der Waals surface area contributed by atoms with Crippen molar-refractivity contribution in [2.75, 3.05) is 31.5 Å². The van der Waals surface area contributed by atoms with Crippen LogP contribution in [-0.2, 0) is 4.79 Å². The molecular weight excluding hydrogens is 344 g/mol. The lowest BCUT2D eigenvalue weighted by molar-refractivity contribution is -0.384. The van der Waals surface area contributed by atoms with Crippen LogP contribution in [0.25, 0.3) is 0 Å². The molecule has 7 nitrogen and oxygen atoms in total. The Labute approximate surface area is 154 Å². The van der Waals surface area contributed by atoms with Gasteiger partial charge in [0.2, 0.25) is 5.91 Å². The number of hydrogen-bond donors (Lipinski definition) is 3. The molecule has 1 aliphatic rings. The summed E-state index contributed by atoms with van der Waals surface area (Å²) in [4.78, 5) is 22.5. The average molecular weight is 371 g/mol. The summed E-state index contributed by atoms with van der Waals surface area (Å²) in [7, 11) is 0. The highest BCUT2D eigenvalue weighted by atomic mass is 35.5. The van der Waals surface area contributed by atoms with Gasteiger partial charge in [0.15, 0.2) is 0 Å². The van der Waals surface area contributed by atoms with Crippen LogP contribution in [0.5, 0.6) is 0 Å². The number of rotatable bonds is 8. The van der Waals surface area contributed by atoms with Crippen LogP contribution in [0, 0.1) is 22.0 Å². The number of nitro benzene ring substituents is 1. The van der Waals surface area contributed by atoms with E-state index in [0.717, 1.165) is 25.9 Å². The summed E-state index contributed by atoms with van der Waals surface area (Å²) in [5.41, 5.74) is 0.517. The fourth-order valence-electron chi connectivity index (χ4n) is 3.13. The molecule has 1 unspecified atom stereocenters. The molecule has 3 N–H and O–H groups in total. The van der Waals surface area contributed by atoms with E-state index in [1.165, 1.54) is 6.07 Å². The van der Waals surface area contributed by atoms with E-state index in [4.69, 9.17) is 0 Å². The summed E-state index contributed by atoms with van der Waals surface area (Å²) >= 11 is 0. The van der Waals surface area contributed by atoms with E-state index < -0.39 is 4.92 Å². The minimum atomic E-state index is -0.415. The number of nitro groups is 1. The maximum Gasteiger partial charge on any atom is 0.292 e. The molecule has 8 heteroatoms. The number of para-hydroxylation sites is 2. The number of amides is 1. The SMILES string of the molecule is CC(CC(=O)NCCNc1ccccc1[N+](=O)[O-])C1CCNCC1.Cl. The van der Waals surface area contributed by atoms with Crippen molar-refractivity contribution in [1.29, 1.82) is 0 Å². The van der Waals surface area contributed by atoms with E-state index in [1.54, 1.807) is 18.2 Å². The summed E-state index contributed by atoms with van der Waals surface area (Å²) in [5, 5.41) is 20.1. The first kappa shape index (κ1) is 21.2. The third-order valence-electron chi connectivity index (χ3n) is 4.56. The van der Waals surface area contributed by atoms with Gasteiger partial charge in [0, 0.05) is 25.6 Å². The first-order chi connectivity index (χ1) is 11.6. The molecular formula is C17H27ClN4O3. The Kier molecular flexibility index (Phi) is 9.23. The molecule has 140 valence electrons. The maximum atomic E-state index is 12.0. The predicted molar refractivity (Wildman–Crippen MR) is 101 cm³/mol. The second-order valence-electron chi connectivity index (χ2n) is 6.32. The molecule has 1 aromatic carbocycles. The van der Waals surface area contributed by atoms with Gasteiger partial charge >= 0.3 is 0 Å². The Morgan fingerprint density at radius 1 is 1.32 bits per heavy atom. The molecule has 1 fully saturated rings. The highest BCUT2D eigenvalue weighted by Crippen LogP contribution is 2.24. The molecule has 1 heterocycles. The van der Waals surface area contributed by atoms with Crippen LogP contribution >= 0.6 is 12.4 Å². The van der Waals surface area contributed by atoms with E-state index in [1.807, 2.05) is 0 Å². The minimum Gasteiger partial charge on any atom is -0.378 e. The number of halogens is 1. The van der Waals surface area contributed by atoms with Crippen LogP contribution in [0.2, 0.25) is 0 Å². The van der Waals surface area contributed by atoms with E-state index in [2.05, 4.69) is 22.9 Å². The van der Waals surface area contributed by atoms with Gasteiger partial charge in [-0.05, 0) is 43.8 Å². The molecule has 0 saturated carbocycles. The van der Waals surface area contributed by atoms with Crippen molar-refractivity contribution in [2.24, 2.45) is 11.8 Å². The number of nitrogens with one attached hydrogen (secondary N) is 3. The molecule has 0 aromatic heterocycles. The van der Waals surface area contributed by atoms with Gasteiger partial charge in [-0.2, -0.15) is 0 Å². The lowest BCUT2D eigenvalue weighted by atomic mass is 9.84. The second-order valence-corrected chi connectivity index (χ2v) is 6.32. The van der Waals surface area contributed by atoms with E-state index in [-0.39, 0.29) is 24.0 Å². The van der Waals surface area contributed by atoms with Crippen LogP contribution < -0.4 is 16.0 Å². The number of carbonyl (C=O) groups excluding carboxylic acids is 1. The normalized spacial score (nSPS) is 15.7. The number of anilines is 1. The van der Waals surface area contributed by atoms with Crippen LogP contribution in [0.3, 0.4) is 0 Å². The smallest absolute Gasteiger partial charge is 0.292 e. The molecule has 2 rings (SSSR count). The molecule has 1 aliphatic heterocycles. The second kappa shape index (κ2) is 10.9. The van der Waals surface area contributed by atoms with E-state index in [0.29, 0.717) is 37.0 Å². The highest BCUT2D eigenvalue weighted by molar-refractivity contribution is 5.85. The number of hydrogen-bond acceptors (Lipinski definition) is 5. The van der Waals surface area contributed by atoms with E-state index >= 15 is 0 Å². The Morgan fingerprint density at radius 3 is 2.68 bits per heavy atom. The van der Waals surface area contributed by atoms with Gasteiger partial charge in [-0.25, -0.2) is 0 Å². The molecule has 0 aliphatic carbocycles. The minimum absolute atomic E-state index is 0. The quantitative estimate of drug-likeness (QED) is 0.371. The van der Waals surface area contributed by atoms with Crippen LogP contribution in [0.4, 0.5) is 11.4 Å². The summed E-state index contributed by atoms with van der Waals surface area (Å²) in [6.07, 6.45) is 2.80. The zero-order chi connectivity index (χ0) is 17.4. The summed E-state index contributed by atoms with van der Waals surface area (Å²) in [6.45, 7) is 5.12.